The van der Waals surface area contributed by atoms with Crippen LogP contribution in [-0.4, -0.2) is 15.9 Å². The second-order valence-corrected chi connectivity index (χ2v) is 3.71. The van der Waals surface area contributed by atoms with Crippen molar-refractivity contribution in [3.63, 3.8) is 0 Å². The third-order valence-corrected chi connectivity index (χ3v) is 2.38. The van der Waals surface area contributed by atoms with Crippen molar-refractivity contribution < 1.29 is 4.79 Å². The van der Waals surface area contributed by atoms with Crippen LogP contribution < -0.4 is 5.73 Å². The number of nitrogens with two attached hydrogens (primary N) is 1. The molecule has 15 heavy (non-hydrogen) atoms. The number of para-hydroxylation sites is 2. The molecule has 1 aromatic carbocycles. The number of fused-ring (bicyclic) bond motifs is 1. The topological polar surface area (TPSA) is 71.8 Å². The maximum Gasteiger partial charge on any atom is 0.218 e. The van der Waals surface area contributed by atoms with Crippen molar-refractivity contribution in [3.8, 4) is 0 Å². The largest absolute Gasteiger partial charge is 0.370 e. The monoisotopic (exact) mass is 203 g/mol. The summed E-state index contributed by atoms with van der Waals surface area (Å²) in [7, 11) is 0. The number of carbonyl (C=O) groups is 1. The highest BCUT2D eigenvalue weighted by atomic mass is 16.1. The lowest BCUT2D eigenvalue weighted by molar-refractivity contribution is -0.118. The fourth-order valence-electron chi connectivity index (χ4n) is 1.60. The first-order chi connectivity index (χ1) is 7.16. The Labute approximate surface area is 87.5 Å². The molecule has 0 aliphatic heterocycles. The van der Waals surface area contributed by atoms with E-state index in [2.05, 4.69) is 9.97 Å². The molecule has 1 unspecified atom stereocenters. The van der Waals surface area contributed by atoms with E-state index in [4.69, 9.17) is 5.73 Å². The van der Waals surface area contributed by atoms with Crippen molar-refractivity contribution >= 4 is 16.9 Å². The lowest BCUT2D eigenvalue weighted by Crippen LogP contribution is -2.14. The van der Waals surface area contributed by atoms with Crippen LogP contribution in [0.5, 0.6) is 0 Å². The number of rotatable bonds is 3. The number of nitrogens with one attached hydrogen (secondary N) is 1. The summed E-state index contributed by atoms with van der Waals surface area (Å²) in [5, 5.41) is 0. The van der Waals surface area contributed by atoms with Crippen molar-refractivity contribution in [3.05, 3.63) is 30.1 Å². The van der Waals surface area contributed by atoms with Gasteiger partial charge in [-0.3, -0.25) is 4.79 Å². The summed E-state index contributed by atoms with van der Waals surface area (Å²) in [6.45, 7) is 1.93. The summed E-state index contributed by atoms with van der Waals surface area (Å²) in [6, 6.07) is 7.78. The van der Waals surface area contributed by atoms with E-state index in [9.17, 15) is 4.79 Å². The molecule has 3 N–H and O–H groups in total. The predicted octanol–water partition coefficient (Wildman–Crippen LogP) is 1.54. The minimum atomic E-state index is -0.303. The molecule has 0 fully saturated rings. The van der Waals surface area contributed by atoms with Gasteiger partial charge in [0.2, 0.25) is 5.91 Å². The van der Waals surface area contributed by atoms with E-state index >= 15 is 0 Å². The molecule has 2 rings (SSSR count). The number of primary amides is 1. The summed E-state index contributed by atoms with van der Waals surface area (Å²) in [5.74, 6) is 0.549. The number of imidazole rings is 1. The third kappa shape index (κ3) is 1.98. The summed E-state index contributed by atoms with van der Waals surface area (Å²) in [4.78, 5) is 18.4. The summed E-state index contributed by atoms with van der Waals surface area (Å²) >= 11 is 0. The summed E-state index contributed by atoms with van der Waals surface area (Å²) in [5.41, 5.74) is 7.05. The van der Waals surface area contributed by atoms with Crippen LogP contribution in [0.25, 0.3) is 11.0 Å². The fraction of sp³-hybridized carbons (Fsp3) is 0.273. The molecule has 0 radical (unpaired) electrons. The molecule has 0 saturated carbocycles. The Morgan fingerprint density at radius 1 is 1.53 bits per heavy atom. The molecular formula is C11H13N3O. The molecular weight excluding hydrogens is 190 g/mol. The molecule has 0 saturated heterocycles. The molecule has 0 bridgehead atoms. The maximum absolute atomic E-state index is 10.8. The fourth-order valence-corrected chi connectivity index (χ4v) is 1.60. The quantitative estimate of drug-likeness (QED) is 0.794. The van der Waals surface area contributed by atoms with Crippen molar-refractivity contribution in [1.29, 1.82) is 0 Å². The predicted molar refractivity (Wildman–Crippen MR) is 58.3 cm³/mol. The first kappa shape index (κ1) is 9.71. The normalized spacial score (nSPS) is 12.9. The Morgan fingerprint density at radius 2 is 2.27 bits per heavy atom. The third-order valence-electron chi connectivity index (χ3n) is 2.38. The van der Waals surface area contributed by atoms with Crippen LogP contribution in [0.2, 0.25) is 0 Å². The standard InChI is InChI=1S/C11H13N3O/c1-7(6-10(12)15)11-13-8-4-2-3-5-9(8)14-11/h2-5,7H,6H2,1H3,(H2,12,15)(H,13,14). The maximum atomic E-state index is 10.8. The zero-order valence-electron chi connectivity index (χ0n) is 8.53. The number of hydrogen-bond acceptors (Lipinski definition) is 2. The van der Waals surface area contributed by atoms with Crippen molar-refractivity contribution in [1.82, 2.24) is 9.97 Å². The molecule has 4 heteroatoms. The van der Waals surface area contributed by atoms with E-state index in [1.807, 2.05) is 31.2 Å². The number of H-pyrrole nitrogens is 1. The second-order valence-electron chi connectivity index (χ2n) is 3.71. The Bertz CT molecular complexity index is 456. The molecule has 4 nitrogen and oxygen atoms in total. The Hall–Kier alpha value is -1.84. The SMILES string of the molecule is CC(CC(N)=O)c1nc2ccccc2[nH]1. The molecule has 0 aliphatic carbocycles. The van der Waals surface area contributed by atoms with Gasteiger partial charge in [-0.2, -0.15) is 0 Å². The second kappa shape index (κ2) is 3.73. The minimum Gasteiger partial charge on any atom is -0.370 e. The van der Waals surface area contributed by atoms with Crippen LogP contribution in [0.15, 0.2) is 24.3 Å². The van der Waals surface area contributed by atoms with Gasteiger partial charge in [-0.25, -0.2) is 4.98 Å². The van der Waals surface area contributed by atoms with Gasteiger partial charge in [0, 0.05) is 12.3 Å². The van der Waals surface area contributed by atoms with E-state index < -0.39 is 0 Å². The van der Waals surface area contributed by atoms with Crippen molar-refractivity contribution in [2.45, 2.75) is 19.3 Å². The van der Waals surface area contributed by atoms with Gasteiger partial charge in [-0.15, -0.1) is 0 Å². The Kier molecular flexibility index (Phi) is 2.41. The summed E-state index contributed by atoms with van der Waals surface area (Å²) < 4.78 is 0. The van der Waals surface area contributed by atoms with Crippen LogP contribution >= 0.6 is 0 Å². The van der Waals surface area contributed by atoms with E-state index in [0.717, 1.165) is 16.9 Å². The van der Waals surface area contributed by atoms with Crippen molar-refractivity contribution in [2.24, 2.45) is 5.73 Å². The average molecular weight is 203 g/mol. The number of aromatic nitrogens is 2. The molecule has 0 aliphatic rings. The first-order valence-electron chi connectivity index (χ1n) is 4.90. The lowest BCUT2D eigenvalue weighted by atomic mass is 10.1. The van der Waals surface area contributed by atoms with Crippen LogP contribution in [0.3, 0.4) is 0 Å². The van der Waals surface area contributed by atoms with Gasteiger partial charge in [0.05, 0.1) is 11.0 Å². The zero-order chi connectivity index (χ0) is 10.8. The Morgan fingerprint density at radius 3 is 2.93 bits per heavy atom. The van der Waals surface area contributed by atoms with Crippen LogP contribution in [0.4, 0.5) is 0 Å². The Balaban J connectivity index is 2.32. The molecule has 1 aromatic heterocycles. The molecule has 1 heterocycles. The van der Waals surface area contributed by atoms with Gasteiger partial charge in [-0.05, 0) is 12.1 Å². The summed E-state index contributed by atoms with van der Waals surface area (Å²) in [6.07, 6.45) is 0.319. The lowest BCUT2D eigenvalue weighted by Gasteiger charge is -2.03. The van der Waals surface area contributed by atoms with Crippen LogP contribution in [0, 0.1) is 0 Å². The molecule has 1 atom stereocenters. The molecule has 2 aromatic rings. The number of hydrogen-bond donors (Lipinski definition) is 2. The van der Waals surface area contributed by atoms with E-state index in [-0.39, 0.29) is 11.8 Å². The smallest absolute Gasteiger partial charge is 0.218 e. The molecule has 78 valence electrons. The zero-order valence-corrected chi connectivity index (χ0v) is 8.53. The number of aromatic amines is 1. The average Bonchev–Trinajstić information content (AvgIpc) is 2.59. The molecule has 0 spiro atoms. The van der Waals surface area contributed by atoms with Gasteiger partial charge in [0.1, 0.15) is 5.82 Å². The highest BCUT2D eigenvalue weighted by Crippen LogP contribution is 2.19. The number of benzene rings is 1. The van der Waals surface area contributed by atoms with E-state index in [1.165, 1.54) is 0 Å². The van der Waals surface area contributed by atoms with E-state index in [0.29, 0.717) is 6.42 Å². The van der Waals surface area contributed by atoms with Gasteiger partial charge in [0.15, 0.2) is 0 Å². The van der Waals surface area contributed by atoms with Gasteiger partial charge < -0.3 is 10.7 Å². The van der Waals surface area contributed by atoms with Gasteiger partial charge >= 0.3 is 0 Å². The van der Waals surface area contributed by atoms with Gasteiger partial charge in [-0.1, -0.05) is 19.1 Å². The van der Waals surface area contributed by atoms with Crippen molar-refractivity contribution in [2.75, 3.05) is 0 Å². The first-order valence-corrected chi connectivity index (χ1v) is 4.90. The highest BCUT2D eigenvalue weighted by Gasteiger charge is 2.12. The number of nitrogens with zero attached hydrogens (tertiary/aromatic N) is 1. The van der Waals surface area contributed by atoms with Crippen LogP contribution in [0.1, 0.15) is 25.1 Å². The van der Waals surface area contributed by atoms with Gasteiger partial charge in [0.25, 0.3) is 0 Å². The number of amides is 1. The number of carbonyl (C=O) groups excluding carboxylic acids is 1. The van der Waals surface area contributed by atoms with E-state index in [1.54, 1.807) is 0 Å². The van der Waals surface area contributed by atoms with Crippen LogP contribution in [-0.2, 0) is 4.79 Å². The molecule has 1 amide bonds. The highest BCUT2D eigenvalue weighted by molar-refractivity contribution is 5.76. The minimum absolute atomic E-state index is 0.0369.